The normalized spacial score (nSPS) is 24.4. The van der Waals surface area contributed by atoms with Crippen molar-refractivity contribution in [3.8, 4) is 5.75 Å². The van der Waals surface area contributed by atoms with Crippen molar-refractivity contribution in [3.05, 3.63) is 144 Å². The summed E-state index contributed by atoms with van der Waals surface area (Å²) in [6.45, 7) is 3.41. The van der Waals surface area contributed by atoms with Gasteiger partial charge in [-0.3, -0.25) is 19.3 Å². The standard InChI is InChI=1S/C42H41N3O9/c1-3-22-43-38(47)33-35-39(48)54-36(28-16-8-5-9-17-28)34(27-14-6-4-7-15-27)45(35)37(29-18-10-13-21-32(29)52-24-23-46)42(33)30-19-11-12-20-31(30)44(40(42)49)41(50)53-26-25-51-2/h3-21,33-37,46H,1,22-26H2,2H3,(H,43,47)/t33-,34-,35-,36+,37+,42-/m0/s1. The van der Waals surface area contributed by atoms with Crippen LogP contribution in [0, 0.1) is 5.92 Å². The summed E-state index contributed by atoms with van der Waals surface area (Å²) in [6.07, 6.45) is -0.322. The van der Waals surface area contributed by atoms with Gasteiger partial charge in [-0.25, -0.2) is 9.69 Å². The number of amides is 3. The van der Waals surface area contributed by atoms with E-state index in [9.17, 15) is 19.5 Å². The molecule has 0 bridgehead atoms. The second-order valence-corrected chi connectivity index (χ2v) is 13.2. The summed E-state index contributed by atoms with van der Waals surface area (Å²) in [6, 6.07) is 29.4. The van der Waals surface area contributed by atoms with E-state index < -0.39 is 59.4 Å². The van der Waals surface area contributed by atoms with Crippen LogP contribution in [0.2, 0.25) is 0 Å². The van der Waals surface area contributed by atoms with Crippen molar-refractivity contribution in [2.75, 3.05) is 45.0 Å². The van der Waals surface area contributed by atoms with E-state index >= 15 is 4.79 Å². The van der Waals surface area contributed by atoms with Gasteiger partial charge in [0.25, 0.3) is 0 Å². The quantitative estimate of drug-likeness (QED) is 0.118. The molecule has 4 aromatic carbocycles. The number of hydrogen-bond acceptors (Lipinski definition) is 10. The van der Waals surface area contributed by atoms with Crippen LogP contribution < -0.4 is 15.0 Å². The number of carbonyl (C=O) groups excluding carboxylic acids is 4. The topological polar surface area (TPSA) is 144 Å². The van der Waals surface area contributed by atoms with Crippen LogP contribution in [-0.2, 0) is 34.0 Å². The Bertz CT molecular complexity index is 2030. The average Bonchev–Trinajstić information content (AvgIpc) is 3.66. The third-order valence-electron chi connectivity index (χ3n) is 10.3. The number of nitrogens with one attached hydrogen (secondary N) is 1. The number of esters is 1. The molecule has 0 aromatic heterocycles. The van der Waals surface area contributed by atoms with Crippen LogP contribution in [0.5, 0.6) is 5.75 Å². The van der Waals surface area contributed by atoms with Gasteiger partial charge in [0, 0.05) is 19.2 Å². The van der Waals surface area contributed by atoms with Gasteiger partial charge in [-0.2, -0.15) is 0 Å². The van der Waals surface area contributed by atoms with E-state index in [1.54, 1.807) is 48.5 Å². The highest BCUT2D eigenvalue weighted by Gasteiger charge is 2.76. The van der Waals surface area contributed by atoms with Gasteiger partial charge in [-0.05, 0) is 28.8 Å². The van der Waals surface area contributed by atoms with Gasteiger partial charge >= 0.3 is 12.1 Å². The maximum Gasteiger partial charge on any atom is 0.421 e. The number of aliphatic hydroxyl groups excluding tert-OH is 1. The maximum absolute atomic E-state index is 15.7. The van der Waals surface area contributed by atoms with Gasteiger partial charge in [0.05, 0.1) is 36.9 Å². The predicted octanol–water partition coefficient (Wildman–Crippen LogP) is 4.81. The largest absolute Gasteiger partial charge is 0.491 e. The van der Waals surface area contributed by atoms with E-state index in [1.807, 2.05) is 65.6 Å². The van der Waals surface area contributed by atoms with Crippen molar-refractivity contribution in [2.45, 2.75) is 29.6 Å². The Hall–Kier alpha value is -5.82. The van der Waals surface area contributed by atoms with Crippen LogP contribution in [0.15, 0.2) is 122 Å². The van der Waals surface area contributed by atoms with Gasteiger partial charge in [0.2, 0.25) is 11.8 Å². The zero-order chi connectivity index (χ0) is 37.8. The summed E-state index contributed by atoms with van der Waals surface area (Å²) >= 11 is 0. The molecule has 2 saturated heterocycles. The number of benzene rings is 4. The Labute approximate surface area is 312 Å². The third kappa shape index (κ3) is 6.02. The third-order valence-corrected chi connectivity index (χ3v) is 10.3. The number of imide groups is 1. The highest BCUT2D eigenvalue weighted by Crippen LogP contribution is 2.66. The van der Waals surface area contributed by atoms with E-state index in [0.29, 0.717) is 22.4 Å². The Morgan fingerprint density at radius 3 is 2.24 bits per heavy atom. The van der Waals surface area contributed by atoms with Gasteiger partial charge in [-0.1, -0.05) is 103 Å². The molecule has 0 unspecified atom stereocenters. The monoisotopic (exact) mass is 731 g/mol. The first-order valence-electron chi connectivity index (χ1n) is 17.8. The zero-order valence-corrected chi connectivity index (χ0v) is 29.7. The number of cyclic esters (lactones) is 1. The first-order chi connectivity index (χ1) is 26.4. The van der Waals surface area contributed by atoms with Crippen molar-refractivity contribution in [1.29, 1.82) is 0 Å². The van der Waals surface area contributed by atoms with Crippen LogP contribution in [0.4, 0.5) is 10.5 Å². The molecule has 0 radical (unpaired) electrons. The lowest BCUT2D eigenvalue weighted by Crippen LogP contribution is -2.55. The summed E-state index contributed by atoms with van der Waals surface area (Å²) in [5, 5.41) is 12.7. The molecule has 0 saturated carbocycles. The molecule has 2 fully saturated rings. The highest BCUT2D eigenvalue weighted by atomic mass is 16.6. The fourth-order valence-corrected chi connectivity index (χ4v) is 8.37. The van der Waals surface area contributed by atoms with Crippen LogP contribution in [-0.4, -0.2) is 80.0 Å². The maximum atomic E-state index is 15.7. The number of para-hydroxylation sites is 2. The molecule has 0 aliphatic carbocycles. The molecule has 3 aliphatic heterocycles. The predicted molar refractivity (Wildman–Crippen MR) is 197 cm³/mol. The van der Waals surface area contributed by atoms with Crippen LogP contribution >= 0.6 is 0 Å². The number of morpholine rings is 1. The molecule has 6 atom stereocenters. The Balaban J connectivity index is 1.57. The van der Waals surface area contributed by atoms with E-state index in [4.69, 9.17) is 18.9 Å². The van der Waals surface area contributed by atoms with Gasteiger partial charge in [0.1, 0.15) is 36.5 Å². The minimum Gasteiger partial charge on any atom is -0.491 e. The molecule has 2 N–H and O–H groups in total. The summed E-state index contributed by atoms with van der Waals surface area (Å²) in [4.78, 5) is 62.3. The fourth-order valence-electron chi connectivity index (χ4n) is 8.37. The lowest BCUT2D eigenvalue weighted by molar-refractivity contribution is -0.178. The molecule has 12 heteroatoms. The number of ether oxygens (including phenoxy) is 4. The molecule has 3 heterocycles. The zero-order valence-electron chi connectivity index (χ0n) is 29.7. The molecule has 12 nitrogen and oxygen atoms in total. The van der Waals surface area contributed by atoms with Crippen molar-refractivity contribution >= 4 is 29.6 Å². The minimum absolute atomic E-state index is 0.0431. The van der Waals surface area contributed by atoms with E-state index in [0.717, 1.165) is 10.5 Å². The Morgan fingerprint density at radius 2 is 1.54 bits per heavy atom. The van der Waals surface area contributed by atoms with Gasteiger partial charge in [0.15, 0.2) is 0 Å². The average molecular weight is 732 g/mol. The number of nitrogens with zero attached hydrogens (tertiary/aromatic N) is 2. The Kier molecular flexibility index (Phi) is 10.6. The van der Waals surface area contributed by atoms with Crippen LogP contribution in [0.1, 0.15) is 40.4 Å². The first-order valence-corrected chi connectivity index (χ1v) is 17.8. The number of rotatable bonds is 12. The van der Waals surface area contributed by atoms with E-state index in [1.165, 1.54) is 13.2 Å². The van der Waals surface area contributed by atoms with Crippen LogP contribution in [0.3, 0.4) is 0 Å². The number of carbonyl (C=O) groups is 4. The molecule has 4 aromatic rings. The molecule has 3 amide bonds. The summed E-state index contributed by atoms with van der Waals surface area (Å²) in [7, 11) is 1.46. The number of hydrogen-bond donors (Lipinski definition) is 2. The second kappa shape index (κ2) is 15.7. The number of fused-ring (bicyclic) bond motifs is 3. The Morgan fingerprint density at radius 1 is 0.870 bits per heavy atom. The minimum atomic E-state index is -1.93. The lowest BCUT2D eigenvalue weighted by Gasteiger charge is -2.46. The van der Waals surface area contributed by atoms with Crippen molar-refractivity contribution < 1.29 is 43.2 Å². The van der Waals surface area contributed by atoms with E-state index in [2.05, 4.69) is 11.9 Å². The molecule has 278 valence electrons. The smallest absolute Gasteiger partial charge is 0.421 e. The molecule has 3 aliphatic rings. The molecule has 54 heavy (non-hydrogen) atoms. The summed E-state index contributed by atoms with van der Waals surface area (Å²) < 4.78 is 23.2. The molecule has 7 rings (SSSR count). The van der Waals surface area contributed by atoms with Gasteiger partial charge < -0.3 is 29.4 Å². The first kappa shape index (κ1) is 36.5. The number of methoxy groups -OCH3 is 1. The second-order valence-electron chi connectivity index (χ2n) is 13.2. The molecule has 1 spiro atoms. The fraction of sp³-hybridized carbons (Fsp3) is 0.286. The molecular formula is C42H41N3O9. The van der Waals surface area contributed by atoms with Crippen molar-refractivity contribution in [2.24, 2.45) is 5.92 Å². The highest BCUT2D eigenvalue weighted by molar-refractivity contribution is 6.23. The van der Waals surface area contributed by atoms with Crippen LogP contribution in [0.25, 0.3) is 0 Å². The number of anilines is 1. The van der Waals surface area contributed by atoms with Crippen molar-refractivity contribution in [1.82, 2.24) is 10.2 Å². The lowest BCUT2D eigenvalue weighted by atomic mass is 9.65. The number of aliphatic hydroxyl groups is 1. The summed E-state index contributed by atoms with van der Waals surface area (Å²) in [5.41, 5.74) is 0.578. The molecular weight excluding hydrogens is 690 g/mol. The SMILES string of the molecule is C=CCNC(=O)[C@@H]1[C@H]2C(=O)O[C@H](c3ccccc3)[C@H](c3ccccc3)N2[C@H](c2ccccc2OCCO)[C@@]12C(=O)N(C(=O)OCCOC)c1ccccc12. The van der Waals surface area contributed by atoms with E-state index in [-0.39, 0.29) is 38.7 Å². The summed E-state index contributed by atoms with van der Waals surface area (Å²) in [5.74, 6) is -3.18. The van der Waals surface area contributed by atoms with Crippen molar-refractivity contribution in [3.63, 3.8) is 0 Å². The van der Waals surface area contributed by atoms with Gasteiger partial charge in [-0.15, -0.1) is 6.58 Å².